The van der Waals surface area contributed by atoms with Gasteiger partial charge in [0.15, 0.2) is 5.75 Å². The molecule has 0 radical (unpaired) electrons. The predicted molar refractivity (Wildman–Crippen MR) is 66.7 cm³/mol. The summed E-state index contributed by atoms with van der Waals surface area (Å²) < 4.78 is 1.76. The van der Waals surface area contributed by atoms with Crippen LogP contribution in [-0.4, -0.2) is 39.2 Å². The number of likely N-dealkylation sites (N-methyl/N-ethyl adjacent to an activating group) is 1. The van der Waals surface area contributed by atoms with Gasteiger partial charge < -0.3 is 14.8 Å². The molecule has 1 heterocycles. The van der Waals surface area contributed by atoms with E-state index in [1.54, 1.807) is 16.5 Å². The number of hydrogen-bond acceptors (Lipinski definition) is 4. The topological polar surface area (TPSA) is 82.8 Å². The molecule has 0 saturated heterocycles. The molecule has 1 rings (SSSR count). The molecule has 0 aliphatic rings. The van der Waals surface area contributed by atoms with E-state index in [1.165, 1.54) is 12.3 Å². The zero-order valence-corrected chi connectivity index (χ0v) is 10.8. The van der Waals surface area contributed by atoms with Crippen molar-refractivity contribution in [3.63, 3.8) is 0 Å². The van der Waals surface area contributed by atoms with Crippen molar-refractivity contribution in [2.75, 3.05) is 13.6 Å². The fraction of sp³-hybridized carbons (Fsp3) is 0.500. The number of hydrogen-bond donors (Lipinski definition) is 2. The average Bonchev–Trinajstić information content (AvgIpc) is 2.21. The second-order valence-corrected chi connectivity index (χ2v) is 4.58. The number of aromatic hydroxyl groups is 1. The zero-order chi connectivity index (χ0) is 13.9. The van der Waals surface area contributed by atoms with Gasteiger partial charge in [-0.3, -0.25) is 14.5 Å². The van der Waals surface area contributed by atoms with E-state index < -0.39 is 11.4 Å². The van der Waals surface area contributed by atoms with Crippen LogP contribution in [0.4, 0.5) is 0 Å². The van der Waals surface area contributed by atoms with Crippen LogP contribution < -0.4 is 5.43 Å². The van der Waals surface area contributed by atoms with Crippen molar-refractivity contribution in [3.05, 3.63) is 28.2 Å². The lowest BCUT2D eigenvalue weighted by atomic mass is 10.2. The van der Waals surface area contributed by atoms with Crippen molar-refractivity contribution in [3.8, 4) is 5.75 Å². The van der Waals surface area contributed by atoms with Crippen LogP contribution in [0.15, 0.2) is 17.1 Å². The summed E-state index contributed by atoms with van der Waals surface area (Å²) in [6, 6.07) is 1.41. The Morgan fingerprint density at radius 2 is 2.11 bits per heavy atom. The molecule has 1 aromatic rings. The molecule has 0 spiro atoms. The third kappa shape index (κ3) is 3.59. The smallest absolute Gasteiger partial charge is 0.317 e. The molecule has 1 aromatic heterocycles. The summed E-state index contributed by atoms with van der Waals surface area (Å²) in [6.45, 7) is 4.07. The van der Waals surface area contributed by atoms with Crippen molar-refractivity contribution in [2.45, 2.75) is 26.4 Å². The van der Waals surface area contributed by atoms with E-state index in [4.69, 9.17) is 5.11 Å². The third-order valence-corrected chi connectivity index (χ3v) is 2.54. The predicted octanol–water partition coefficient (Wildman–Crippen LogP) is 0.651. The quantitative estimate of drug-likeness (QED) is 0.806. The van der Waals surface area contributed by atoms with Gasteiger partial charge in [0.25, 0.3) is 0 Å². The lowest BCUT2D eigenvalue weighted by molar-refractivity contribution is -0.138. The van der Waals surface area contributed by atoms with Crippen LogP contribution in [0.2, 0.25) is 0 Å². The molecule has 0 aliphatic heterocycles. The Balaban J connectivity index is 3.03. The highest BCUT2D eigenvalue weighted by Gasteiger charge is 2.12. The number of carbonyl (C=O) groups is 1. The normalized spacial score (nSPS) is 11.2. The van der Waals surface area contributed by atoms with Crippen LogP contribution in [-0.2, 0) is 11.3 Å². The van der Waals surface area contributed by atoms with Crippen LogP contribution in [0, 0.1) is 0 Å². The molecular weight excluding hydrogens is 236 g/mol. The number of carboxylic acid groups (broad SMARTS) is 1. The van der Waals surface area contributed by atoms with E-state index in [2.05, 4.69) is 0 Å². The van der Waals surface area contributed by atoms with Crippen molar-refractivity contribution < 1.29 is 15.0 Å². The minimum atomic E-state index is -0.922. The molecule has 6 nitrogen and oxygen atoms in total. The summed E-state index contributed by atoms with van der Waals surface area (Å²) in [4.78, 5) is 23.6. The second kappa shape index (κ2) is 5.68. The maximum atomic E-state index is 11.4. The van der Waals surface area contributed by atoms with E-state index in [0.29, 0.717) is 12.2 Å². The SMILES string of the molecule is CC(C)n1cc(O)c(=O)cc1CN(C)CC(=O)O. The van der Waals surface area contributed by atoms with Gasteiger partial charge in [-0.2, -0.15) is 0 Å². The van der Waals surface area contributed by atoms with Crippen molar-refractivity contribution in [1.29, 1.82) is 0 Å². The van der Waals surface area contributed by atoms with Crippen LogP contribution in [0.5, 0.6) is 5.75 Å². The maximum Gasteiger partial charge on any atom is 0.317 e. The van der Waals surface area contributed by atoms with Crippen molar-refractivity contribution in [2.24, 2.45) is 0 Å². The summed E-state index contributed by atoms with van der Waals surface area (Å²) in [5.41, 5.74) is 0.224. The number of aliphatic carboxylic acids is 1. The van der Waals surface area contributed by atoms with Crippen LogP contribution in [0.1, 0.15) is 25.6 Å². The first-order valence-electron chi connectivity index (χ1n) is 5.65. The molecule has 0 aromatic carbocycles. The van der Waals surface area contributed by atoms with Crippen LogP contribution in [0.25, 0.3) is 0 Å². The number of aromatic nitrogens is 1. The van der Waals surface area contributed by atoms with E-state index in [0.717, 1.165) is 0 Å². The highest BCUT2D eigenvalue weighted by atomic mass is 16.4. The van der Waals surface area contributed by atoms with E-state index in [1.807, 2.05) is 13.8 Å². The van der Waals surface area contributed by atoms with Crippen molar-refractivity contribution in [1.82, 2.24) is 9.47 Å². The number of nitrogens with zero attached hydrogens (tertiary/aromatic N) is 2. The molecule has 0 fully saturated rings. The first kappa shape index (κ1) is 14.2. The highest BCUT2D eigenvalue weighted by molar-refractivity contribution is 5.69. The van der Waals surface area contributed by atoms with Gasteiger partial charge in [-0.25, -0.2) is 0 Å². The summed E-state index contributed by atoms with van der Waals surface area (Å²) in [7, 11) is 1.66. The maximum absolute atomic E-state index is 11.4. The second-order valence-electron chi connectivity index (χ2n) is 4.58. The molecule has 0 atom stereocenters. The van der Waals surface area contributed by atoms with Gasteiger partial charge in [0.1, 0.15) is 0 Å². The molecule has 0 bridgehead atoms. The van der Waals surface area contributed by atoms with E-state index >= 15 is 0 Å². The molecule has 0 amide bonds. The average molecular weight is 254 g/mol. The summed E-state index contributed by atoms with van der Waals surface area (Å²) in [5, 5.41) is 18.1. The number of pyridine rings is 1. The molecule has 2 N–H and O–H groups in total. The molecule has 0 aliphatic carbocycles. The number of carboxylic acids is 1. The lowest BCUT2D eigenvalue weighted by Crippen LogP contribution is -2.28. The van der Waals surface area contributed by atoms with Gasteiger partial charge in [-0.05, 0) is 20.9 Å². The zero-order valence-electron chi connectivity index (χ0n) is 10.8. The largest absolute Gasteiger partial charge is 0.503 e. The highest BCUT2D eigenvalue weighted by Crippen LogP contribution is 2.13. The minimum absolute atomic E-state index is 0.0738. The Kier molecular flexibility index (Phi) is 4.49. The van der Waals surface area contributed by atoms with Gasteiger partial charge in [-0.15, -0.1) is 0 Å². The summed E-state index contributed by atoms with van der Waals surface area (Å²) in [6.07, 6.45) is 1.39. The fourth-order valence-corrected chi connectivity index (χ4v) is 1.75. The Labute approximate surface area is 105 Å². The van der Waals surface area contributed by atoms with E-state index in [9.17, 15) is 14.7 Å². The van der Waals surface area contributed by atoms with Crippen LogP contribution >= 0.6 is 0 Å². The van der Waals surface area contributed by atoms with Gasteiger partial charge in [0.05, 0.1) is 12.7 Å². The van der Waals surface area contributed by atoms with Crippen molar-refractivity contribution >= 4 is 5.97 Å². The van der Waals surface area contributed by atoms with Crippen LogP contribution in [0.3, 0.4) is 0 Å². The fourth-order valence-electron chi connectivity index (χ4n) is 1.75. The Morgan fingerprint density at radius 1 is 1.50 bits per heavy atom. The summed E-state index contributed by atoms with van der Waals surface area (Å²) in [5.74, 6) is -1.22. The van der Waals surface area contributed by atoms with Gasteiger partial charge in [0.2, 0.25) is 5.43 Å². The Hall–Kier alpha value is -1.82. The number of rotatable bonds is 5. The molecule has 0 unspecified atom stereocenters. The Morgan fingerprint density at radius 3 is 2.61 bits per heavy atom. The minimum Gasteiger partial charge on any atom is -0.503 e. The third-order valence-electron chi connectivity index (χ3n) is 2.54. The molecule has 6 heteroatoms. The molecule has 18 heavy (non-hydrogen) atoms. The first-order valence-corrected chi connectivity index (χ1v) is 5.65. The lowest BCUT2D eigenvalue weighted by Gasteiger charge is -2.21. The van der Waals surface area contributed by atoms with Gasteiger partial charge in [0, 0.05) is 24.3 Å². The van der Waals surface area contributed by atoms with Gasteiger partial charge in [-0.1, -0.05) is 0 Å². The standard InChI is InChI=1S/C12H18N2O4/c1-8(2)14-6-11(16)10(15)4-9(14)5-13(3)7-12(17)18/h4,6,8,16H,5,7H2,1-3H3,(H,17,18). The monoisotopic (exact) mass is 254 g/mol. The van der Waals surface area contributed by atoms with E-state index in [-0.39, 0.29) is 18.3 Å². The molecule has 0 saturated carbocycles. The molecular formula is C12H18N2O4. The van der Waals surface area contributed by atoms with Gasteiger partial charge >= 0.3 is 5.97 Å². The summed E-state index contributed by atoms with van der Waals surface area (Å²) >= 11 is 0. The Bertz CT molecular complexity index is 493. The molecule has 100 valence electrons. The first-order chi connectivity index (χ1) is 8.31.